The summed E-state index contributed by atoms with van der Waals surface area (Å²) < 4.78 is 0. The lowest BCUT2D eigenvalue weighted by Gasteiger charge is -2.32. The fraction of sp³-hybridized carbons (Fsp3) is 1.00. The first-order chi connectivity index (χ1) is 8.24. The molecule has 1 aliphatic rings. The highest BCUT2D eigenvalue weighted by molar-refractivity contribution is 4.74. The molecule has 0 aromatic carbocycles. The van der Waals surface area contributed by atoms with Gasteiger partial charge in [-0.15, -0.1) is 0 Å². The van der Waals surface area contributed by atoms with Gasteiger partial charge in [0, 0.05) is 12.1 Å². The molecule has 0 radical (unpaired) electrons. The van der Waals surface area contributed by atoms with E-state index in [1.165, 1.54) is 64.6 Å². The minimum atomic E-state index is 0.699. The van der Waals surface area contributed by atoms with Crippen LogP contribution in [0.2, 0.25) is 0 Å². The summed E-state index contributed by atoms with van der Waals surface area (Å²) in [6.45, 7) is 10.8. The Morgan fingerprint density at radius 2 is 2.06 bits per heavy atom. The van der Waals surface area contributed by atoms with Gasteiger partial charge in [0.2, 0.25) is 0 Å². The van der Waals surface area contributed by atoms with Crippen LogP contribution in [0.15, 0.2) is 0 Å². The third-order valence-corrected chi connectivity index (χ3v) is 4.06. The van der Waals surface area contributed by atoms with Gasteiger partial charge in [0.05, 0.1) is 0 Å². The third kappa shape index (κ3) is 6.42. The van der Waals surface area contributed by atoms with Gasteiger partial charge in [0.25, 0.3) is 0 Å². The van der Waals surface area contributed by atoms with E-state index in [-0.39, 0.29) is 0 Å². The molecule has 1 saturated heterocycles. The van der Waals surface area contributed by atoms with E-state index in [4.69, 9.17) is 0 Å². The van der Waals surface area contributed by atoms with E-state index < -0.39 is 0 Å². The summed E-state index contributed by atoms with van der Waals surface area (Å²) >= 11 is 0. The largest absolute Gasteiger partial charge is 0.314 e. The average Bonchev–Trinajstić information content (AvgIpc) is 2.30. The second kappa shape index (κ2) is 8.93. The Balaban J connectivity index is 2.20. The van der Waals surface area contributed by atoms with Gasteiger partial charge in [-0.2, -0.15) is 0 Å². The first-order valence-corrected chi connectivity index (χ1v) is 7.71. The number of unbranched alkanes of at least 4 members (excludes halogenated alkanes) is 3. The molecule has 2 heteroatoms. The maximum atomic E-state index is 3.58. The van der Waals surface area contributed by atoms with Crippen LogP contribution in [0.25, 0.3) is 0 Å². The lowest BCUT2D eigenvalue weighted by molar-refractivity contribution is 0.173. The van der Waals surface area contributed by atoms with Crippen molar-refractivity contribution in [2.75, 3.05) is 19.6 Å². The monoisotopic (exact) mass is 240 g/mol. The van der Waals surface area contributed by atoms with Crippen molar-refractivity contribution in [3.05, 3.63) is 0 Å². The highest BCUT2D eigenvalue weighted by Crippen LogP contribution is 2.13. The topological polar surface area (TPSA) is 15.3 Å². The number of hydrogen-bond acceptors (Lipinski definition) is 2. The molecule has 102 valence electrons. The van der Waals surface area contributed by atoms with Crippen molar-refractivity contribution < 1.29 is 0 Å². The van der Waals surface area contributed by atoms with Gasteiger partial charge < -0.3 is 10.2 Å². The molecule has 17 heavy (non-hydrogen) atoms. The van der Waals surface area contributed by atoms with E-state index in [1.54, 1.807) is 0 Å². The lowest BCUT2D eigenvalue weighted by Crippen LogP contribution is -2.42. The summed E-state index contributed by atoms with van der Waals surface area (Å²) in [5, 5.41) is 3.58. The maximum Gasteiger partial charge on any atom is 0.00669 e. The van der Waals surface area contributed by atoms with E-state index in [0.717, 1.165) is 6.04 Å². The van der Waals surface area contributed by atoms with Crippen LogP contribution >= 0.6 is 0 Å². The molecule has 0 saturated carbocycles. The van der Waals surface area contributed by atoms with Gasteiger partial charge in [-0.1, -0.05) is 32.6 Å². The molecule has 0 amide bonds. The third-order valence-electron chi connectivity index (χ3n) is 4.06. The quantitative estimate of drug-likeness (QED) is 0.716. The van der Waals surface area contributed by atoms with E-state index in [9.17, 15) is 0 Å². The van der Waals surface area contributed by atoms with Crippen molar-refractivity contribution in [1.82, 2.24) is 10.2 Å². The van der Waals surface area contributed by atoms with Crippen LogP contribution in [-0.4, -0.2) is 36.6 Å². The zero-order valence-corrected chi connectivity index (χ0v) is 12.2. The van der Waals surface area contributed by atoms with Gasteiger partial charge in [-0.05, 0) is 52.7 Å². The van der Waals surface area contributed by atoms with Gasteiger partial charge in [0.1, 0.15) is 0 Å². The molecule has 1 N–H and O–H groups in total. The molecule has 0 spiro atoms. The molecule has 2 atom stereocenters. The first-order valence-electron chi connectivity index (χ1n) is 7.71. The van der Waals surface area contributed by atoms with E-state index >= 15 is 0 Å². The van der Waals surface area contributed by atoms with Crippen LogP contribution in [0.3, 0.4) is 0 Å². The van der Waals surface area contributed by atoms with Crippen molar-refractivity contribution in [3.63, 3.8) is 0 Å². The van der Waals surface area contributed by atoms with Crippen molar-refractivity contribution in [2.24, 2.45) is 0 Å². The van der Waals surface area contributed by atoms with Crippen molar-refractivity contribution in [1.29, 1.82) is 0 Å². The Hall–Kier alpha value is -0.0800. The predicted octanol–water partition coefficient (Wildman–Crippen LogP) is 3.42. The molecule has 1 aliphatic heterocycles. The summed E-state index contributed by atoms with van der Waals surface area (Å²) in [6, 6.07) is 1.49. The smallest absolute Gasteiger partial charge is 0.00669 e. The molecule has 2 nitrogen and oxygen atoms in total. The molecule has 0 aromatic rings. The van der Waals surface area contributed by atoms with Crippen LogP contribution in [0.5, 0.6) is 0 Å². The molecule has 1 rings (SSSR count). The van der Waals surface area contributed by atoms with Gasteiger partial charge >= 0.3 is 0 Å². The zero-order chi connectivity index (χ0) is 12.5. The van der Waals surface area contributed by atoms with Gasteiger partial charge in [0.15, 0.2) is 0 Å². The predicted molar refractivity (Wildman–Crippen MR) is 76.5 cm³/mol. The zero-order valence-electron chi connectivity index (χ0n) is 12.2. The molecule has 1 fully saturated rings. The summed E-state index contributed by atoms with van der Waals surface area (Å²) in [6.07, 6.45) is 9.60. The highest BCUT2D eigenvalue weighted by atomic mass is 15.2. The summed E-state index contributed by atoms with van der Waals surface area (Å²) in [5.74, 6) is 0. The molecular formula is C15H32N2. The fourth-order valence-corrected chi connectivity index (χ4v) is 2.69. The normalized spacial score (nSPS) is 25.2. The Labute approximate surface area is 108 Å². The molecule has 0 bridgehead atoms. The number of nitrogens with zero attached hydrogens (tertiary/aromatic N) is 1. The van der Waals surface area contributed by atoms with Crippen LogP contribution in [0.1, 0.15) is 65.7 Å². The second-order valence-electron chi connectivity index (χ2n) is 5.73. The lowest BCUT2D eigenvalue weighted by atomic mass is 10.1. The highest BCUT2D eigenvalue weighted by Gasteiger charge is 2.16. The number of nitrogens with one attached hydrogen (secondary N) is 1. The summed E-state index contributed by atoms with van der Waals surface area (Å²) in [5.41, 5.74) is 0. The summed E-state index contributed by atoms with van der Waals surface area (Å²) in [7, 11) is 0. The fourth-order valence-electron chi connectivity index (χ4n) is 2.69. The molecule has 0 aromatic heterocycles. The number of rotatable bonds is 6. The number of hydrogen-bond donors (Lipinski definition) is 1. The minimum Gasteiger partial charge on any atom is -0.314 e. The van der Waals surface area contributed by atoms with Crippen LogP contribution in [0.4, 0.5) is 0 Å². The average molecular weight is 240 g/mol. The minimum absolute atomic E-state index is 0.699. The maximum absolute atomic E-state index is 3.58. The van der Waals surface area contributed by atoms with Gasteiger partial charge in [-0.25, -0.2) is 0 Å². The Morgan fingerprint density at radius 3 is 2.82 bits per heavy atom. The van der Waals surface area contributed by atoms with Crippen LogP contribution in [-0.2, 0) is 0 Å². The van der Waals surface area contributed by atoms with Crippen molar-refractivity contribution in [2.45, 2.75) is 77.8 Å². The van der Waals surface area contributed by atoms with E-state index in [0.29, 0.717) is 6.04 Å². The van der Waals surface area contributed by atoms with Crippen LogP contribution < -0.4 is 5.32 Å². The molecule has 1 heterocycles. The second-order valence-corrected chi connectivity index (χ2v) is 5.73. The van der Waals surface area contributed by atoms with E-state index in [2.05, 4.69) is 31.0 Å². The van der Waals surface area contributed by atoms with Crippen LogP contribution in [0, 0.1) is 0 Å². The molecule has 0 aliphatic carbocycles. The Bertz CT molecular complexity index is 182. The summed E-state index contributed by atoms with van der Waals surface area (Å²) in [4.78, 5) is 2.71. The first kappa shape index (κ1) is 15.0. The Kier molecular flexibility index (Phi) is 7.87. The van der Waals surface area contributed by atoms with E-state index in [1.807, 2.05) is 0 Å². The Morgan fingerprint density at radius 1 is 1.24 bits per heavy atom. The molecular weight excluding hydrogens is 208 g/mol. The van der Waals surface area contributed by atoms with Crippen molar-refractivity contribution >= 4 is 0 Å². The molecule has 2 unspecified atom stereocenters. The standard InChI is InChI=1S/C15H32N2/c1-4-5-6-7-9-15(3)17-12-8-11-16-14(2)10-13-17/h14-16H,4-13H2,1-3H3. The van der Waals surface area contributed by atoms with Gasteiger partial charge in [-0.3, -0.25) is 0 Å². The SMILES string of the molecule is CCCCCCC(C)N1CCCNC(C)CC1. The van der Waals surface area contributed by atoms with Crippen molar-refractivity contribution in [3.8, 4) is 0 Å².